The zero-order valence-electron chi connectivity index (χ0n) is 13.0. The maximum atomic E-state index is 12.5. The number of nitrogens with two attached hydrogens (primary N) is 1. The van der Waals surface area contributed by atoms with Gasteiger partial charge >= 0.3 is 5.69 Å². The highest BCUT2D eigenvalue weighted by atomic mass is 19.1. The van der Waals surface area contributed by atoms with Crippen LogP contribution in [0.3, 0.4) is 0 Å². The van der Waals surface area contributed by atoms with Crippen LogP contribution in [-0.4, -0.2) is 26.7 Å². The lowest BCUT2D eigenvalue weighted by Gasteiger charge is -2.06. The molecule has 2 aromatic carbocycles. The fourth-order valence-corrected chi connectivity index (χ4v) is 2.35. The van der Waals surface area contributed by atoms with Crippen LogP contribution in [0.5, 0.6) is 5.75 Å². The Morgan fingerprint density at radius 3 is 2.75 bits per heavy atom. The van der Waals surface area contributed by atoms with E-state index >= 15 is 0 Å². The smallest absolute Gasteiger partial charge is 0.368 e. The topological polar surface area (TPSA) is 88.0 Å². The minimum absolute atomic E-state index is 0.220. The number of halogens is 1. The number of tetrazole rings is 1. The molecule has 1 aromatic heterocycles. The minimum atomic E-state index is -0.995. The summed E-state index contributed by atoms with van der Waals surface area (Å²) in [5.41, 5.74) is 8.17. The average molecular weight is 329 g/mol. The molecule has 0 fully saturated rings. The lowest BCUT2D eigenvalue weighted by Crippen LogP contribution is -2.25. The molecule has 0 bridgehead atoms. The summed E-state index contributed by atoms with van der Waals surface area (Å²) in [6.45, 7) is 1.15. The van der Waals surface area contributed by atoms with Crippen LogP contribution in [0.2, 0.25) is 0 Å². The number of hydrogen-bond donors (Lipinski definition) is 1. The molecule has 1 heterocycles. The highest BCUT2D eigenvalue weighted by Crippen LogP contribution is 2.20. The predicted octanol–water partition coefficient (Wildman–Crippen LogP) is 1.67. The summed E-state index contributed by atoms with van der Waals surface area (Å²) >= 11 is 0. The number of para-hydroxylation sites is 2. The lowest BCUT2D eigenvalue weighted by molar-refractivity contribution is 0.191. The van der Waals surface area contributed by atoms with E-state index in [1.54, 1.807) is 30.3 Å². The molecule has 0 spiro atoms. The molecule has 24 heavy (non-hydrogen) atoms. The van der Waals surface area contributed by atoms with Crippen LogP contribution in [0.1, 0.15) is 11.1 Å². The third-order valence-electron chi connectivity index (χ3n) is 3.61. The van der Waals surface area contributed by atoms with E-state index in [2.05, 4.69) is 10.4 Å². The minimum Gasteiger partial charge on any atom is -0.461 e. The summed E-state index contributed by atoms with van der Waals surface area (Å²) < 4.78 is 19.7. The summed E-state index contributed by atoms with van der Waals surface area (Å²) in [7, 11) is 0. The largest absolute Gasteiger partial charge is 0.461 e. The van der Waals surface area contributed by atoms with E-state index in [0.717, 1.165) is 15.8 Å². The number of aromatic nitrogens is 4. The van der Waals surface area contributed by atoms with Gasteiger partial charge in [-0.15, -0.1) is 0 Å². The second-order valence-corrected chi connectivity index (χ2v) is 5.24. The van der Waals surface area contributed by atoms with Gasteiger partial charge in [-0.05, 0) is 46.7 Å². The van der Waals surface area contributed by atoms with Crippen molar-refractivity contribution in [3.63, 3.8) is 0 Å². The first kappa shape index (κ1) is 15.7. The second-order valence-electron chi connectivity index (χ2n) is 5.24. The molecule has 3 rings (SSSR count). The standard InChI is InChI=1S/C16H16FN5O2/c1-11-8-12(6-7-13(11)18)9-21-16(23)22(20-19-21)14-4-2-3-5-15(14)24-10-17/h2-8H,9-10,18H2,1H3. The summed E-state index contributed by atoms with van der Waals surface area (Å²) in [5, 5.41) is 7.73. The van der Waals surface area contributed by atoms with Crippen molar-refractivity contribution >= 4 is 5.69 Å². The Morgan fingerprint density at radius 2 is 2.00 bits per heavy atom. The molecule has 3 aromatic rings. The Morgan fingerprint density at radius 1 is 1.21 bits per heavy atom. The molecular weight excluding hydrogens is 313 g/mol. The summed E-state index contributed by atoms with van der Waals surface area (Å²) in [6.07, 6.45) is 0. The maximum absolute atomic E-state index is 12.5. The lowest BCUT2D eigenvalue weighted by atomic mass is 10.1. The average Bonchev–Trinajstić information content (AvgIpc) is 2.93. The molecule has 0 saturated heterocycles. The molecule has 0 aliphatic rings. The van der Waals surface area contributed by atoms with Crippen LogP contribution in [0, 0.1) is 6.92 Å². The van der Waals surface area contributed by atoms with E-state index in [1.165, 1.54) is 4.68 Å². The molecule has 124 valence electrons. The van der Waals surface area contributed by atoms with Crippen LogP contribution < -0.4 is 16.2 Å². The fraction of sp³-hybridized carbons (Fsp3) is 0.188. The molecule has 0 aliphatic heterocycles. The Bertz CT molecular complexity index is 919. The molecule has 0 atom stereocenters. The number of hydrogen-bond acceptors (Lipinski definition) is 5. The van der Waals surface area contributed by atoms with E-state index in [9.17, 15) is 9.18 Å². The maximum Gasteiger partial charge on any atom is 0.368 e. The molecule has 8 heteroatoms. The number of alkyl halides is 1. The van der Waals surface area contributed by atoms with E-state index < -0.39 is 12.6 Å². The van der Waals surface area contributed by atoms with E-state index in [1.807, 2.05) is 19.1 Å². The highest BCUT2D eigenvalue weighted by molar-refractivity contribution is 5.48. The zero-order chi connectivity index (χ0) is 17.1. The zero-order valence-corrected chi connectivity index (χ0v) is 13.0. The first-order chi connectivity index (χ1) is 11.6. The van der Waals surface area contributed by atoms with Gasteiger partial charge in [-0.25, -0.2) is 9.18 Å². The number of aryl methyl sites for hydroxylation is 1. The first-order valence-electron chi connectivity index (χ1n) is 7.26. The van der Waals surface area contributed by atoms with Crippen LogP contribution in [0.25, 0.3) is 5.69 Å². The van der Waals surface area contributed by atoms with Crippen molar-refractivity contribution in [3.05, 3.63) is 64.1 Å². The first-order valence-corrected chi connectivity index (χ1v) is 7.26. The Hall–Kier alpha value is -3.16. The molecule has 0 amide bonds. The van der Waals surface area contributed by atoms with Gasteiger partial charge in [0.05, 0.1) is 6.54 Å². The van der Waals surface area contributed by atoms with Crippen LogP contribution in [-0.2, 0) is 6.54 Å². The summed E-state index contributed by atoms with van der Waals surface area (Å²) in [4.78, 5) is 12.5. The highest BCUT2D eigenvalue weighted by Gasteiger charge is 2.13. The molecule has 0 aliphatic carbocycles. The number of nitrogens with zero attached hydrogens (tertiary/aromatic N) is 4. The fourth-order valence-electron chi connectivity index (χ4n) is 2.35. The monoisotopic (exact) mass is 329 g/mol. The Balaban J connectivity index is 1.94. The van der Waals surface area contributed by atoms with Crippen LogP contribution >= 0.6 is 0 Å². The molecule has 0 radical (unpaired) electrons. The van der Waals surface area contributed by atoms with Crippen molar-refractivity contribution in [2.75, 3.05) is 12.6 Å². The number of anilines is 1. The molecular formula is C16H16FN5O2. The van der Waals surface area contributed by atoms with Crippen molar-refractivity contribution < 1.29 is 9.13 Å². The van der Waals surface area contributed by atoms with Gasteiger partial charge in [0.25, 0.3) is 0 Å². The molecule has 0 unspecified atom stereocenters. The van der Waals surface area contributed by atoms with Gasteiger partial charge in [0.2, 0.25) is 6.86 Å². The summed E-state index contributed by atoms with van der Waals surface area (Å²) in [6, 6.07) is 12.1. The van der Waals surface area contributed by atoms with Crippen LogP contribution in [0.15, 0.2) is 47.3 Å². The van der Waals surface area contributed by atoms with Crippen LogP contribution in [0.4, 0.5) is 10.1 Å². The van der Waals surface area contributed by atoms with Crippen molar-refractivity contribution in [3.8, 4) is 11.4 Å². The van der Waals surface area contributed by atoms with Crippen molar-refractivity contribution in [1.29, 1.82) is 0 Å². The summed E-state index contributed by atoms with van der Waals surface area (Å²) in [5.74, 6) is 0.220. The van der Waals surface area contributed by atoms with Crippen molar-refractivity contribution in [2.45, 2.75) is 13.5 Å². The third-order valence-corrected chi connectivity index (χ3v) is 3.61. The Kier molecular flexibility index (Phi) is 4.28. The number of rotatable bonds is 5. The second kappa shape index (κ2) is 6.53. The van der Waals surface area contributed by atoms with Gasteiger partial charge in [0.1, 0.15) is 11.4 Å². The van der Waals surface area contributed by atoms with Gasteiger partial charge in [-0.3, -0.25) is 0 Å². The third kappa shape index (κ3) is 2.98. The number of benzene rings is 2. The quantitative estimate of drug-likeness (QED) is 0.720. The van der Waals surface area contributed by atoms with E-state index in [0.29, 0.717) is 11.4 Å². The molecule has 2 N–H and O–H groups in total. The van der Waals surface area contributed by atoms with Gasteiger partial charge in [0.15, 0.2) is 0 Å². The normalized spacial score (nSPS) is 10.8. The van der Waals surface area contributed by atoms with E-state index in [-0.39, 0.29) is 12.3 Å². The van der Waals surface area contributed by atoms with Gasteiger partial charge in [-0.2, -0.15) is 9.36 Å². The molecule has 0 saturated carbocycles. The number of ether oxygens (including phenoxy) is 1. The SMILES string of the molecule is Cc1cc(Cn2nnn(-c3ccccc3OCF)c2=O)ccc1N. The van der Waals surface area contributed by atoms with Gasteiger partial charge in [-0.1, -0.05) is 24.3 Å². The molecule has 7 nitrogen and oxygen atoms in total. The van der Waals surface area contributed by atoms with E-state index in [4.69, 9.17) is 10.5 Å². The number of nitrogen functional groups attached to an aromatic ring is 1. The van der Waals surface area contributed by atoms with Gasteiger partial charge < -0.3 is 10.5 Å². The Labute approximate surface area is 137 Å². The predicted molar refractivity (Wildman–Crippen MR) is 86.9 cm³/mol. The van der Waals surface area contributed by atoms with Crippen molar-refractivity contribution in [2.24, 2.45) is 0 Å². The van der Waals surface area contributed by atoms with Gasteiger partial charge in [0, 0.05) is 5.69 Å². The van der Waals surface area contributed by atoms with Crippen molar-refractivity contribution in [1.82, 2.24) is 19.8 Å².